The molecule has 70 valence electrons. The van der Waals surface area contributed by atoms with Gasteiger partial charge in [-0.2, -0.15) is 0 Å². The summed E-state index contributed by atoms with van der Waals surface area (Å²) in [5.74, 6) is -0.0475. The number of hydrogen-bond acceptors (Lipinski definition) is 3. The summed E-state index contributed by atoms with van der Waals surface area (Å²) in [7, 11) is 0. The van der Waals surface area contributed by atoms with Crippen LogP contribution in [0.25, 0.3) is 0 Å². The van der Waals surface area contributed by atoms with Crippen molar-refractivity contribution in [2.45, 2.75) is 13.8 Å². The average Bonchev–Trinajstić information content (AvgIpc) is 2.09. The second-order valence-electron chi connectivity index (χ2n) is 2.67. The number of aliphatic imine (C=N–C) groups is 1. The van der Waals surface area contributed by atoms with Crippen molar-refractivity contribution >= 4 is 11.6 Å². The molecule has 0 spiro atoms. The fourth-order valence-electron chi connectivity index (χ4n) is 0.952. The molecule has 0 bridgehead atoms. The maximum Gasteiger partial charge on any atom is 0.218 e. The molecule has 0 unspecified atom stereocenters. The van der Waals surface area contributed by atoms with Gasteiger partial charge in [-0.25, -0.2) is 10.5 Å². The van der Waals surface area contributed by atoms with E-state index in [4.69, 9.17) is 10.9 Å². The molecular weight excluding hydrogens is 168 g/mol. The third kappa shape index (κ3) is 2.41. The predicted molar refractivity (Wildman–Crippen MR) is 49.9 cm³/mol. The van der Waals surface area contributed by atoms with E-state index in [9.17, 15) is 0 Å². The smallest absolute Gasteiger partial charge is 0.218 e. The lowest BCUT2D eigenvalue weighted by Crippen LogP contribution is -2.27. The highest BCUT2D eigenvalue weighted by molar-refractivity contribution is 5.79. The number of nitrogens with one attached hydrogen (secondary N) is 1. The standard InChI is InChI=1S/C8H12N4O/c1-5-3-4-7(6(2)10-5)11-8(9)12-13/h3-4,13H,1-2H3,(H3,9,11,12). The van der Waals surface area contributed by atoms with E-state index < -0.39 is 0 Å². The highest BCUT2D eigenvalue weighted by atomic mass is 16.5. The molecular formula is C8H12N4O. The van der Waals surface area contributed by atoms with E-state index in [0.717, 1.165) is 11.4 Å². The molecule has 0 aliphatic rings. The van der Waals surface area contributed by atoms with Gasteiger partial charge in [0, 0.05) is 5.69 Å². The van der Waals surface area contributed by atoms with Crippen molar-refractivity contribution in [1.29, 1.82) is 0 Å². The number of nitrogens with zero attached hydrogens (tertiary/aromatic N) is 2. The number of hydroxylamine groups is 1. The molecule has 5 heteroatoms. The van der Waals surface area contributed by atoms with Gasteiger partial charge in [-0.15, -0.1) is 0 Å². The zero-order valence-electron chi connectivity index (χ0n) is 7.57. The first-order valence-electron chi connectivity index (χ1n) is 3.82. The van der Waals surface area contributed by atoms with Crippen molar-refractivity contribution in [2.24, 2.45) is 10.7 Å². The molecule has 1 rings (SSSR count). The van der Waals surface area contributed by atoms with Crippen molar-refractivity contribution in [3.8, 4) is 0 Å². The SMILES string of the molecule is Cc1ccc(N=C(N)NO)c(C)n1. The zero-order valence-corrected chi connectivity index (χ0v) is 7.57. The number of rotatable bonds is 1. The molecule has 0 aliphatic heterocycles. The highest BCUT2D eigenvalue weighted by Gasteiger charge is 1.98. The molecule has 0 aromatic carbocycles. The Bertz CT molecular complexity index is 335. The van der Waals surface area contributed by atoms with E-state index in [2.05, 4.69) is 9.98 Å². The maximum absolute atomic E-state index is 8.42. The number of nitrogens with two attached hydrogens (primary N) is 1. The Hall–Kier alpha value is -1.62. The molecule has 0 radical (unpaired) electrons. The molecule has 0 aliphatic carbocycles. The molecule has 5 nitrogen and oxygen atoms in total. The Balaban J connectivity index is 3.03. The first-order valence-corrected chi connectivity index (χ1v) is 3.82. The molecule has 0 saturated heterocycles. The van der Waals surface area contributed by atoms with Gasteiger partial charge >= 0.3 is 0 Å². The number of guanidine groups is 1. The van der Waals surface area contributed by atoms with Gasteiger partial charge < -0.3 is 5.73 Å². The Labute approximate surface area is 76.3 Å². The third-order valence-corrected chi connectivity index (χ3v) is 1.55. The Morgan fingerprint density at radius 3 is 2.77 bits per heavy atom. The molecule has 1 heterocycles. The van der Waals surface area contributed by atoms with Crippen molar-refractivity contribution in [1.82, 2.24) is 10.5 Å². The Kier molecular flexibility index (Phi) is 2.81. The van der Waals surface area contributed by atoms with Gasteiger partial charge in [-0.05, 0) is 26.0 Å². The van der Waals surface area contributed by atoms with Crippen LogP contribution in [-0.4, -0.2) is 16.2 Å². The van der Waals surface area contributed by atoms with E-state index in [1.165, 1.54) is 0 Å². The van der Waals surface area contributed by atoms with Gasteiger partial charge in [0.2, 0.25) is 5.96 Å². The van der Waals surface area contributed by atoms with Crippen molar-refractivity contribution in [3.63, 3.8) is 0 Å². The minimum atomic E-state index is -0.0475. The molecule has 4 N–H and O–H groups in total. The third-order valence-electron chi connectivity index (χ3n) is 1.55. The molecule has 0 atom stereocenters. The van der Waals surface area contributed by atoms with Gasteiger partial charge in [0.05, 0.1) is 11.4 Å². The van der Waals surface area contributed by atoms with Gasteiger partial charge in [0.1, 0.15) is 0 Å². The van der Waals surface area contributed by atoms with Gasteiger partial charge in [0.25, 0.3) is 0 Å². The summed E-state index contributed by atoms with van der Waals surface area (Å²) in [6.07, 6.45) is 0. The summed E-state index contributed by atoms with van der Waals surface area (Å²) in [5.41, 5.74) is 9.37. The molecule has 0 fully saturated rings. The minimum Gasteiger partial charge on any atom is -0.368 e. The summed E-state index contributed by atoms with van der Waals surface area (Å²) < 4.78 is 0. The zero-order chi connectivity index (χ0) is 9.84. The van der Waals surface area contributed by atoms with Crippen LogP contribution in [0.15, 0.2) is 17.1 Å². The van der Waals surface area contributed by atoms with Crippen LogP contribution in [0.3, 0.4) is 0 Å². The summed E-state index contributed by atoms with van der Waals surface area (Å²) in [6.45, 7) is 3.73. The first-order chi connectivity index (χ1) is 6.13. The van der Waals surface area contributed by atoms with Crippen molar-refractivity contribution in [2.75, 3.05) is 0 Å². The van der Waals surface area contributed by atoms with Crippen LogP contribution in [0.4, 0.5) is 5.69 Å². The lowest BCUT2D eigenvalue weighted by molar-refractivity contribution is 0.233. The van der Waals surface area contributed by atoms with E-state index in [1.807, 2.05) is 19.9 Å². The van der Waals surface area contributed by atoms with Crippen LogP contribution < -0.4 is 11.2 Å². The fourth-order valence-corrected chi connectivity index (χ4v) is 0.952. The van der Waals surface area contributed by atoms with Gasteiger partial charge in [0.15, 0.2) is 0 Å². The topological polar surface area (TPSA) is 83.5 Å². The number of aryl methyl sites for hydroxylation is 2. The summed E-state index contributed by atoms with van der Waals surface area (Å²) in [5, 5.41) is 8.42. The summed E-state index contributed by atoms with van der Waals surface area (Å²) in [6, 6.07) is 3.62. The average molecular weight is 180 g/mol. The van der Waals surface area contributed by atoms with Crippen LogP contribution >= 0.6 is 0 Å². The van der Waals surface area contributed by atoms with Crippen LogP contribution in [0.5, 0.6) is 0 Å². The van der Waals surface area contributed by atoms with E-state index in [0.29, 0.717) is 5.69 Å². The largest absolute Gasteiger partial charge is 0.368 e. The Morgan fingerprint density at radius 1 is 1.54 bits per heavy atom. The molecule has 0 saturated carbocycles. The molecule has 1 aromatic rings. The minimum absolute atomic E-state index is 0.0475. The normalized spacial score (nSPS) is 11.5. The maximum atomic E-state index is 8.42. The number of aromatic nitrogens is 1. The van der Waals surface area contributed by atoms with Crippen LogP contribution in [0.2, 0.25) is 0 Å². The quantitative estimate of drug-likeness (QED) is 0.336. The van der Waals surface area contributed by atoms with E-state index in [-0.39, 0.29) is 5.96 Å². The monoisotopic (exact) mass is 180 g/mol. The highest BCUT2D eigenvalue weighted by Crippen LogP contribution is 2.15. The number of pyridine rings is 1. The molecule has 0 amide bonds. The molecule has 1 aromatic heterocycles. The van der Waals surface area contributed by atoms with Crippen molar-refractivity contribution in [3.05, 3.63) is 23.5 Å². The summed E-state index contributed by atoms with van der Waals surface area (Å²) in [4.78, 5) is 8.08. The van der Waals surface area contributed by atoms with Crippen molar-refractivity contribution < 1.29 is 5.21 Å². The van der Waals surface area contributed by atoms with E-state index >= 15 is 0 Å². The van der Waals surface area contributed by atoms with Crippen LogP contribution in [-0.2, 0) is 0 Å². The lowest BCUT2D eigenvalue weighted by Gasteiger charge is -2.01. The summed E-state index contributed by atoms with van der Waals surface area (Å²) >= 11 is 0. The fraction of sp³-hybridized carbons (Fsp3) is 0.250. The number of hydrogen-bond donors (Lipinski definition) is 3. The van der Waals surface area contributed by atoms with Crippen LogP contribution in [0.1, 0.15) is 11.4 Å². The second kappa shape index (κ2) is 3.86. The Morgan fingerprint density at radius 2 is 2.23 bits per heavy atom. The first kappa shape index (κ1) is 9.47. The van der Waals surface area contributed by atoms with Crippen LogP contribution in [0, 0.1) is 13.8 Å². The van der Waals surface area contributed by atoms with Gasteiger partial charge in [-0.3, -0.25) is 10.2 Å². The lowest BCUT2D eigenvalue weighted by atomic mass is 10.3. The van der Waals surface area contributed by atoms with E-state index in [1.54, 1.807) is 11.5 Å². The molecule has 13 heavy (non-hydrogen) atoms. The van der Waals surface area contributed by atoms with Gasteiger partial charge in [-0.1, -0.05) is 0 Å². The predicted octanol–water partition coefficient (Wildman–Crippen LogP) is 0.623. The second-order valence-corrected chi connectivity index (χ2v) is 2.67.